The maximum Gasteiger partial charge on any atom is 0.105 e. The summed E-state index contributed by atoms with van der Waals surface area (Å²) in [6.07, 6.45) is 5.18. The summed E-state index contributed by atoms with van der Waals surface area (Å²) in [5.74, 6) is 2.66. The monoisotopic (exact) mass is 250 g/mol. The molecule has 1 aliphatic rings. The van der Waals surface area contributed by atoms with Gasteiger partial charge in [0.1, 0.15) is 11.5 Å². The van der Waals surface area contributed by atoms with Gasteiger partial charge in [0.2, 0.25) is 0 Å². The Hall–Kier alpha value is -0.800. The second kappa shape index (κ2) is 5.89. The van der Waals surface area contributed by atoms with Crippen LogP contribution in [-0.4, -0.2) is 12.6 Å². The van der Waals surface area contributed by atoms with E-state index >= 15 is 0 Å². The zero-order valence-corrected chi connectivity index (χ0v) is 11.8. The summed E-state index contributed by atoms with van der Waals surface area (Å²) in [6.45, 7) is 7.07. The van der Waals surface area contributed by atoms with Crippen LogP contribution in [0, 0.1) is 19.8 Å². The van der Waals surface area contributed by atoms with Gasteiger partial charge in [0.25, 0.3) is 0 Å². The lowest BCUT2D eigenvalue weighted by Gasteiger charge is -2.33. The molecule has 3 unspecified atom stereocenters. The average molecular weight is 250 g/mol. The molecule has 2 rings (SSSR count). The molecule has 0 aliphatic heterocycles. The molecule has 3 nitrogen and oxygen atoms in total. The molecule has 1 aromatic heterocycles. The highest BCUT2D eigenvalue weighted by atomic mass is 16.3. The van der Waals surface area contributed by atoms with Crippen LogP contribution in [0.3, 0.4) is 0 Å². The van der Waals surface area contributed by atoms with Crippen LogP contribution in [0.1, 0.15) is 55.7 Å². The molecule has 18 heavy (non-hydrogen) atoms. The lowest BCUT2D eigenvalue weighted by atomic mass is 9.84. The van der Waals surface area contributed by atoms with E-state index in [0.29, 0.717) is 18.0 Å². The molecule has 1 aliphatic carbocycles. The van der Waals surface area contributed by atoms with E-state index in [0.717, 1.165) is 18.1 Å². The Morgan fingerprint density at radius 1 is 1.39 bits per heavy atom. The first-order chi connectivity index (χ1) is 8.61. The van der Waals surface area contributed by atoms with Crippen molar-refractivity contribution >= 4 is 0 Å². The molecule has 0 aromatic carbocycles. The van der Waals surface area contributed by atoms with Crippen LogP contribution in [-0.2, 0) is 0 Å². The third-order valence-corrected chi connectivity index (χ3v) is 4.22. The summed E-state index contributed by atoms with van der Waals surface area (Å²) in [5, 5.41) is 3.75. The van der Waals surface area contributed by atoms with Gasteiger partial charge in [-0.2, -0.15) is 0 Å². The zero-order valence-electron chi connectivity index (χ0n) is 11.8. The van der Waals surface area contributed by atoms with Crippen molar-refractivity contribution in [2.24, 2.45) is 11.7 Å². The highest BCUT2D eigenvalue weighted by Crippen LogP contribution is 2.27. The van der Waals surface area contributed by atoms with Crippen molar-refractivity contribution in [3.05, 3.63) is 23.2 Å². The highest BCUT2D eigenvalue weighted by molar-refractivity contribution is 5.23. The van der Waals surface area contributed by atoms with E-state index < -0.39 is 0 Å². The molecule has 0 bridgehead atoms. The van der Waals surface area contributed by atoms with E-state index in [1.165, 1.54) is 31.2 Å². The van der Waals surface area contributed by atoms with Crippen molar-refractivity contribution in [3.63, 3.8) is 0 Å². The predicted octanol–water partition coefficient (Wildman–Crippen LogP) is 3.06. The summed E-state index contributed by atoms with van der Waals surface area (Å²) >= 11 is 0. The van der Waals surface area contributed by atoms with Crippen LogP contribution in [0.25, 0.3) is 0 Å². The first kappa shape index (κ1) is 13.6. The molecule has 3 N–H and O–H groups in total. The molecule has 1 aromatic rings. The quantitative estimate of drug-likeness (QED) is 0.863. The Labute approximate surface area is 110 Å². The average Bonchev–Trinajstić information content (AvgIpc) is 2.69. The van der Waals surface area contributed by atoms with Gasteiger partial charge in [0.05, 0.1) is 0 Å². The fourth-order valence-corrected chi connectivity index (χ4v) is 3.20. The Balaban J connectivity index is 2.01. The third-order valence-electron chi connectivity index (χ3n) is 4.22. The van der Waals surface area contributed by atoms with Gasteiger partial charge in [0.15, 0.2) is 0 Å². The summed E-state index contributed by atoms with van der Waals surface area (Å²) in [4.78, 5) is 0. The van der Waals surface area contributed by atoms with E-state index in [-0.39, 0.29) is 0 Å². The molecule has 1 saturated carbocycles. The first-order valence-corrected chi connectivity index (χ1v) is 7.15. The lowest BCUT2D eigenvalue weighted by molar-refractivity contribution is 0.251. The number of rotatable bonds is 4. The lowest BCUT2D eigenvalue weighted by Crippen LogP contribution is -2.42. The number of nitrogens with two attached hydrogens (primary N) is 1. The molecule has 3 heteroatoms. The minimum absolute atomic E-state index is 0.347. The number of furan rings is 1. The van der Waals surface area contributed by atoms with Gasteiger partial charge in [0, 0.05) is 17.6 Å². The predicted molar refractivity (Wildman–Crippen MR) is 74.5 cm³/mol. The fraction of sp³-hybridized carbons (Fsp3) is 0.733. The third kappa shape index (κ3) is 2.96. The van der Waals surface area contributed by atoms with E-state index in [1.54, 1.807) is 0 Å². The maximum atomic E-state index is 5.88. The van der Waals surface area contributed by atoms with Crippen molar-refractivity contribution in [1.82, 2.24) is 5.32 Å². The minimum atomic E-state index is 0.347. The molecule has 0 amide bonds. The summed E-state index contributed by atoms with van der Waals surface area (Å²) < 4.78 is 5.61. The van der Waals surface area contributed by atoms with E-state index in [2.05, 4.69) is 18.3 Å². The van der Waals surface area contributed by atoms with Crippen molar-refractivity contribution in [2.75, 3.05) is 6.54 Å². The fourth-order valence-electron chi connectivity index (χ4n) is 3.20. The van der Waals surface area contributed by atoms with E-state index in [1.807, 2.05) is 13.8 Å². The van der Waals surface area contributed by atoms with Crippen molar-refractivity contribution in [2.45, 2.75) is 58.5 Å². The number of aryl methyl sites for hydroxylation is 2. The topological polar surface area (TPSA) is 51.2 Å². The van der Waals surface area contributed by atoms with Gasteiger partial charge >= 0.3 is 0 Å². The Morgan fingerprint density at radius 3 is 2.72 bits per heavy atom. The van der Waals surface area contributed by atoms with Gasteiger partial charge in [-0.3, -0.25) is 0 Å². The van der Waals surface area contributed by atoms with Crippen LogP contribution < -0.4 is 11.1 Å². The first-order valence-electron chi connectivity index (χ1n) is 7.15. The van der Waals surface area contributed by atoms with Crippen molar-refractivity contribution in [3.8, 4) is 0 Å². The van der Waals surface area contributed by atoms with Gasteiger partial charge in [-0.25, -0.2) is 0 Å². The Kier molecular flexibility index (Phi) is 4.46. The minimum Gasteiger partial charge on any atom is -0.466 e. The Bertz CT molecular complexity index is 386. The second-order valence-electron chi connectivity index (χ2n) is 5.64. The molecular formula is C15H26N2O. The van der Waals surface area contributed by atoms with Crippen LogP contribution in [0.2, 0.25) is 0 Å². The summed E-state index contributed by atoms with van der Waals surface area (Å²) in [6, 6.07) is 3.06. The van der Waals surface area contributed by atoms with Crippen LogP contribution in [0.4, 0.5) is 0 Å². The highest BCUT2D eigenvalue weighted by Gasteiger charge is 2.26. The Morgan fingerprint density at radius 2 is 2.11 bits per heavy atom. The van der Waals surface area contributed by atoms with Crippen LogP contribution in [0.5, 0.6) is 0 Å². The van der Waals surface area contributed by atoms with E-state index in [4.69, 9.17) is 10.2 Å². The maximum absolute atomic E-state index is 5.88. The molecule has 0 radical (unpaired) electrons. The SMILES string of the molecule is Cc1cc(C(C)NC2CCCCC2CN)c(C)o1. The van der Waals surface area contributed by atoms with Crippen molar-refractivity contribution < 1.29 is 4.42 Å². The van der Waals surface area contributed by atoms with Crippen LogP contribution >= 0.6 is 0 Å². The molecular weight excluding hydrogens is 224 g/mol. The molecule has 102 valence electrons. The van der Waals surface area contributed by atoms with E-state index in [9.17, 15) is 0 Å². The summed E-state index contributed by atoms with van der Waals surface area (Å²) in [5.41, 5.74) is 7.17. The zero-order chi connectivity index (χ0) is 13.1. The standard InChI is InChI=1S/C15H26N2O/c1-10-8-14(12(3)18-10)11(2)17-15-7-5-4-6-13(15)9-16/h8,11,13,15,17H,4-7,9,16H2,1-3H3. The molecule has 1 heterocycles. The smallest absolute Gasteiger partial charge is 0.105 e. The van der Waals surface area contributed by atoms with Crippen LogP contribution in [0.15, 0.2) is 10.5 Å². The molecule has 0 saturated heterocycles. The summed E-state index contributed by atoms with van der Waals surface area (Å²) in [7, 11) is 0. The molecule has 1 fully saturated rings. The van der Waals surface area contributed by atoms with Gasteiger partial charge in [-0.1, -0.05) is 12.8 Å². The second-order valence-corrected chi connectivity index (χ2v) is 5.64. The van der Waals surface area contributed by atoms with Gasteiger partial charge < -0.3 is 15.5 Å². The number of hydrogen-bond donors (Lipinski definition) is 2. The molecule has 3 atom stereocenters. The van der Waals surface area contributed by atoms with Gasteiger partial charge in [-0.15, -0.1) is 0 Å². The largest absolute Gasteiger partial charge is 0.466 e. The molecule has 0 spiro atoms. The normalized spacial score (nSPS) is 26.2. The number of hydrogen-bond acceptors (Lipinski definition) is 3. The van der Waals surface area contributed by atoms with Crippen molar-refractivity contribution in [1.29, 1.82) is 0 Å². The van der Waals surface area contributed by atoms with Gasteiger partial charge in [-0.05, 0) is 52.1 Å². The number of nitrogens with one attached hydrogen (secondary N) is 1.